The molecule has 20 heavy (non-hydrogen) atoms. The SMILES string of the molecule is CCCNc1ccc(C(=O)N(CCOC)C(C)C)nc1. The van der Waals surface area contributed by atoms with E-state index >= 15 is 0 Å². The Balaban J connectivity index is 2.73. The lowest BCUT2D eigenvalue weighted by Gasteiger charge is -2.26. The van der Waals surface area contributed by atoms with Gasteiger partial charge in [-0.05, 0) is 32.4 Å². The van der Waals surface area contributed by atoms with Crippen molar-refractivity contribution in [3.05, 3.63) is 24.0 Å². The summed E-state index contributed by atoms with van der Waals surface area (Å²) < 4.78 is 5.05. The minimum Gasteiger partial charge on any atom is -0.384 e. The number of nitrogens with zero attached hydrogens (tertiary/aromatic N) is 2. The Labute approximate surface area is 121 Å². The monoisotopic (exact) mass is 279 g/mol. The molecule has 0 atom stereocenters. The largest absolute Gasteiger partial charge is 0.384 e. The van der Waals surface area contributed by atoms with Crippen LogP contribution in [0.15, 0.2) is 18.3 Å². The fourth-order valence-corrected chi connectivity index (χ4v) is 1.83. The van der Waals surface area contributed by atoms with Crippen molar-refractivity contribution in [2.75, 3.05) is 32.1 Å². The highest BCUT2D eigenvalue weighted by Gasteiger charge is 2.19. The van der Waals surface area contributed by atoms with Crippen molar-refractivity contribution in [3.8, 4) is 0 Å². The minimum atomic E-state index is -0.0564. The summed E-state index contributed by atoms with van der Waals surface area (Å²) in [5.41, 5.74) is 1.41. The summed E-state index contributed by atoms with van der Waals surface area (Å²) in [5, 5.41) is 3.24. The van der Waals surface area contributed by atoms with Gasteiger partial charge in [-0.15, -0.1) is 0 Å². The first-order valence-corrected chi connectivity index (χ1v) is 7.10. The third-order valence-electron chi connectivity index (χ3n) is 2.98. The van der Waals surface area contributed by atoms with Gasteiger partial charge in [-0.3, -0.25) is 4.79 Å². The highest BCUT2D eigenvalue weighted by atomic mass is 16.5. The zero-order valence-corrected chi connectivity index (χ0v) is 12.8. The van der Waals surface area contributed by atoms with Gasteiger partial charge in [0.2, 0.25) is 0 Å². The molecule has 0 unspecified atom stereocenters. The third kappa shape index (κ3) is 4.81. The molecule has 1 aromatic heterocycles. The fraction of sp³-hybridized carbons (Fsp3) is 0.600. The number of aromatic nitrogens is 1. The smallest absolute Gasteiger partial charge is 0.272 e. The van der Waals surface area contributed by atoms with Gasteiger partial charge in [-0.2, -0.15) is 0 Å². The molecule has 0 saturated carbocycles. The Morgan fingerprint density at radius 1 is 1.45 bits per heavy atom. The molecule has 0 aliphatic rings. The molecule has 1 amide bonds. The maximum absolute atomic E-state index is 12.4. The molecule has 0 aliphatic heterocycles. The van der Waals surface area contributed by atoms with Gasteiger partial charge in [-0.1, -0.05) is 6.92 Å². The van der Waals surface area contributed by atoms with Crippen LogP contribution in [0.5, 0.6) is 0 Å². The maximum Gasteiger partial charge on any atom is 0.272 e. The summed E-state index contributed by atoms with van der Waals surface area (Å²) >= 11 is 0. The molecule has 112 valence electrons. The Kier molecular flexibility index (Phi) is 7.01. The van der Waals surface area contributed by atoms with Gasteiger partial charge in [0.15, 0.2) is 0 Å². The molecule has 0 aliphatic carbocycles. The van der Waals surface area contributed by atoms with Crippen molar-refractivity contribution >= 4 is 11.6 Å². The zero-order valence-electron chi connectivity index (χ0n) is 12.8. The topological polar surface area (TPSA) is 54.5 Å². The second kappa shape index (κ2) is 8.53. The summed E-state index contributed by atoms with van der Waals surface area (Å²) in [6.45, 7) is 8.09. The van der Waals surface area contributed by atoms with Crippen LogP contribution < -0.4 is 5.32 Å². The van der Waals surface area contributed by atoms with Crippen molar-refractivity contribution in [2.45, 2.75) is 33.2 Å². The highest BCUT2D eigenvalue weighted by Crippen LogP contribution is 2.10. The fourth-order valence-electron chi connectivity index (χ4n) is 1.83. The number of amides is 1. The van der Waals surface area contributed by atoms with E-state index < -0.39 is 0 Å². The predicted molar refractivity (Wildman–Crippen MR) is 81.1 cm³/mol. The molecule has 0 radical (unpaired) electrons. The quantitative estimate of drug-likeness (QED) is 0.794. The van der Waals surface area contributed by atoms with E-state index in [2.05, 4.69) is 17.2 Å². The van der Waals surface area contributed by atoms with Gasteiger partial charge in [0, 0.05) is 26.2 Å². The number of carbonyl (C=O) groups excluding carboxylic acids is 1. The highest BCUT2D eigenvalue weighted by molar-refractivity contribution is 5.92. The second-order valence-corrected chi connectivity index (χ2v) is 4.94. The van der Waals surface area contributed by atoms with Crippen LogP contribution in [0, 0.1) is 0 Å². The van der Waals surface area contributed by atoms with E-state index in [1.165, 1.54) is 0 Å². The number of carbonyl (C=O) groups is 1. The molecule has 5 nitrogen and oxygen atoms in total. The van der Waals surface area contributed by atoms with Gasteiger partial charge in [-0.25, -0.2) is 4.98 Å². The van der Waals surface area contributed by atoms with E-state index in [-0.39, 0.29) is 11.9 Å². The molecule has 1 aromatic rings. The summed E-state index contributed by atoms with van der Waals surface area (Å²) in [5.74, 6) is -0.0564. The summed E-state index contributed by atoms with van der Waals surface area (Å²) in [6.07, 6.45) is 2.76. The van der Waals surface area contributed by atoms with Crippen LogP contribution in [0.2, 0.25) is 0 Å². The summed E-state index contributed by atoms with van der Waals surface area (Å²) in [7, 11) is 1.63. The lowest BCUT2D eigenvalue weighted by molar-refractivity contribution is 0.0629. The molecule has 5 heteroatoms. The molecule has 0 fully saturated rings. The second-order valence-electron chi connectivity index (χ2n) is 4.94. The Bertz CT molecular complexity index is 404. The summed E-state index contributed by atoms with van der Waals surface area (Å²) in [4.78, 5) is 18.4. The maximum atomic E-state index is 12.4. The van der Waals surface area contributed by atoms with Gasteiger partial charge >= 0.3 is 0 Å². The van der Waals surface area contributed by atoms with E-state index in [9.17, 15) is 4.79 Å². The molecule has 1 N–H and O–H groups in total. The van der Waals surface area contributed by atoms with E-state index in [0.29, 0.717) is 18.8 Å². The first-order chi connectivity index (χ1) is 9.60. The number of anilines is 1. The first-order valence-electron chi connectivity index (χ1n) is 7.10. The van der Waals surface area contributed by atoms with Crippen LogP contribution in [0.3, 0.4) is 0 Å². The average molecular weight is 279 g/mol. The molecule has 0 saturated heterocycles. The number of hydrogen-bond acceptors (Lipinski definition) is 4. The van der Waals surface area contributed by atoms with Crippen molar-refractivity contribution in [3.63, 3.8) is 0 Å². The molecule has 1 heterocycles. The van der Waals surface area contributed by atoms with Crippen LogP contribution in [-0.4, -0.2) is 48.6 Å². The van der Waals surface area contributed by atoms with Crippen molar-refractivity contribution in [2.24, 2.45) is 0 Å². The van der Waals surface area contributed by atoms with Gasteiger partial charge in [0.25, 0.3) is 5.91 Å². The number of hydrogen-bond donors (Lipinski definition) is 1. The Morgan fingerprint density at radius 3 is 2.70 bits per heavy atom. The van der Waals surface area contributed by atoms with Crippen LogP contribution in [-0.2, 0) is 4.74 Å². The number of rotatable bonds is 8. The Hall–Kier alpha value is -1.62. The molecule has 0 spiro atoms. The first kappa shape index (κ1) is 16.4. The predicted octanol–water partition coefficient (Wildman–Crippen LogP) is 2.40. The number of pyridine rings is 1. The van der Waals surface area contributed by atoms with Gasteiger partial charge in [0.05, 0.1) is 18.5 Å². The van der Waals surface area contributed by atoms with Crippen LogP contribution in [0.1, 0.15) is 37.7 Å². The number of nitrogens with one attached hydrogen (secondary N) is 1. The summed E-state index contributed by atoms with van der Waals surface area (Å²) in [6, 6.07) is 3.78. The lowest BCUT2D eigenvalue weighted by Crippen LogP contribution is -2.39. The van der Waals surface area contributed by atoms with E-state index in [1.807, 2.05) is 19.9 Å². The van der Waals surface area contributed by atoms with Gasteiger partial charge < -0.3 is 15.0 Å². The molecular weight excluding hydrogens is 254 g/mol. The van der Waals surface area contributed by atoms with Crippen LogP contribution in [0.25, 0.3) is 0 Å². The zero-order chi connectivity index (χ0) is 15.0. The molecule has 0 aromatic carbocycles. The average Bonchev–Trinajstić information content (AvgIpc) is 2.45. The minimum absolute atomic E-state index is 0.0564. The third-order valence-corrected chi connectivity index (χ3v) is 2.98. The van der Waals surface area contributed by atoms with Crippen molar-refractivity contribution in [1.82, 2.24) is 9.88 Å². The van der Waals surface area contributed by atoms with E-state index in [1.54, 1.807) is 24.3 Å². The number of ether oxygens (including phenoxy) is 1. The lowest BCUT2D eigenvalue weighted by atomic mass is 10.2. The van der Waals surface area contributed by atoms with Crippen molar-refractivity contribution in [1.29, 1.82) is 0 Å². The van der Waals surface area contributed by atoms with E-state index in [4.69, 9.17) is 4.74 Å². The number of methoxy groups -OCH3 is 1. The Morgan fingerprint density at radius 2 is 2.20 bits per heavy atom. The molecular formula is C15H25N3O2. The van der Waals surface area contributed by atoms with Gasteiger partial charge in [0.1, 0.15) is 5.69 Å². The standard InChI is InChI=1S/C15H25N3O2/c1-5-8-16-13-6-7-14(17-11-13)15(19)18(12(2)3)9-10-20-4/h6-7,11-12,16H,5,8-10H2,1-4H3. The van der Waals surface area contributed by atoms with Crippen molar-refractivity contribution < 1.29 is 9.53 Å². The van der Waals surface area contributed by atoms with Crippen LogP contribution >= 0.6 is 0 Å². The molecule has 1 rings (SSSR count). The van der Waals surface area contributed by atoms with Crippen LogP contribution in [0.4, 0.5) is 5.69 Å². The normalized spacial score (nSPS) is 10.7. The van der Waals surface area contributed by atoms with E-state index in [0.717, 1.165) is 18.7 Å². The molecule has 0 bridgehead atoms.